The molecule has 0 aliphatic rings. The number of aryl methyl sites for hydroxylation is 2. The van der Waals surface area contributed by atoms with Crippen molar-refractivity contribution in [2.75, 3.05) is 13.2 Å². The van der Waals surface area contributed by atoms with Crippen LogP contribution in [0.4, 0.5) is 0 Å². The molecule has 0 aliphatic carbocycles. The van der Waals surface area contributed by atoms with Crippen LogP contribution in [0.2, 0.25) is 0 Å². The minimum absolute atomic E-state index is 0.170. The van der Waals surface area contributed by atoms with Crippen LogP contribution in [0, 0.1) is 20.8 Å². The summed E-state index contributed by atoms with van der Waals surface area (Å²) in [4.78, 5) is 12.1. The van der Waals surface area contributed by atoms with Gasteiger partial charge in [0.15, 0.2) is 0 Å². The molecule has 1 aromatic heterocycles. The molecule has 21 heavy (non-hydrogen) atoms. The van der Waals surface area contributed by atoms with E-state index in [2.05, 4.69) is 24.3 Å². The Morgan fingerprint density at radius 2 is 2.00 bits per heavy atom. The summed E-state index contributed by atoms with van der Waals surface area (Å²) in [6.07, 6.45) is 1.61. The molecule has 1 aromatic rings. The summed E-state index contributed by atoms with van der Waals surface area (Å²) in [5.74, 6) is -0.170. The van der Waals surface area contributed by atoms with E-state index >= 15 is 0 Å². The third kappa shape index (κ3) is 4.30. The van der Waals surface area contributed by atoms with E-state index in [-0.39, 0.29) is 5.97 Å². The molecule has 1 unspecified atom stereocenters. The van der Waals surface area contributed by atoms with Gasteiger partial charge in [0.1, 0.15) is 5.54 Å². The summed E-state index contributed by atoms with van der Waals surface area (Å²) < 4.78 is 7.22. The molecule has 0 bridgehead atoms. The van der Waals surface area contributed by atoms with Crippen molar-refractivity contribution in [3.05, 3.63) is 17.0 Å². The number of nitrogens with one attached hydrogen (secondary N) is 1. The molecule has 1 heterocycles. The van der Waals surface area contributed by atoms with E-state index in [1.807, 2.05) is 32.4 Å². The summed E-state index contributed by atoms with van der Waals surface area (Å²) in [5.41, 5.74) is 2.91. The van der Waals surface area contributed by atoms with Gasteiger partial charge in [-0.3, -0.25) is 9.48 Å². The van der Waals surface area contributed by atoms with Crippen molar-refractivity contribution in [1.29, 1.82) is 0 Å². The zero-order valence-corrected chi connectivity index (χ0v) is 14.2. The number of ether oxygens (including phenoxy) is 1. The number of likely N-dealkylation sites (N-methyl/N-ethyl adjacent to an activating group) is 1. The highest BCUT2D eigenvalue weighted by Gasteiger charge is 2.33. The first-order valence-corrected chi connectivity index (χ1v) is 7.78. The van der Waals surface area contributed by atoms with Crippen molar-refractivity contribution in [3.63, 3.8) is 0 Å². The highest BCUT2D eigenvalue weighted by Crippen LogP contribution is 2.17. The number of rotatable bonds is 8. The maximum absolute atomic E-state index is 12.1. The molecule has 5 heteroatoms. The van der Waals surface area contributed by atoms with Crippen molar-refractivity contribution in [2.24, 2.45) is 0 Å². The fourth-order valence-corrected chi connectivity index (χ4v) is 2.53. The van der Waals surface area contributed by atoms with Crippen molar-refractivity contribution in [1.82, 2.24) is 15.1 Å². The first kappa shape index (κ1) is 17.7. The van der Waals surface area contributed by atoms with E-state index in [4.69, 9.17) is 4.74 Å². The van der Waals surface area contributed by atoms with Crippen molar-refractivity contribution in [3.8, 4) is 0 Å². The van der Waals surface area contributed by atoms with Gasteiger partial charge in [0, 0.05) is 12.2 Å². The molecule has 0 radical (unpaired) electrons. The van der Waals surface area contributed by atoms with Gasteiger partial charge in [-0.05, 0) is 59.6 Å². The molecule has 0 fully saturated rings. The van der Waals surface area contributed by atoms with Gasteiger partial charge >= 0.3 is 5.97 Å². The molecular weight excluding hydrogens is 266 g/mol. The molecule has 0 spiro atoms. The molecule has 120 valence electrons. The Labute approximate surface area is 128 Å². The van der Waals surface area contributed by atoms with Crippen LogP contribution < -0.4 is 5.32 Å². The van der Waals surface area contributed by atoms with E-state index in [1.165, 1.54) is 11.3 Å². The van der Waals surface area contributed by atoms with E-state index in [0.717, 1.165) is 31.6 Å². The summed E-state index contributed by atoms with van der Waals surface area (Å²) in [6.45, 7) is 13.9. The summed E-state index contributed by atoms with van der Waals surface area (Å²) in [6, 6.07) is 0. The predicted octanol–water partition coefficient (Wildman–Crippen LogP) is 2.52. The van der Waals surface area contributed by atoms with E-state index in [9.17, 15) is 4.79 Å². The fourth-order valence-electron chi connectivity index (χ4n) is 2.53. The van der Waals surface area contributed by atoms with Crippen LogP contribution in [0.25, 0.3) is 0 Å². The Bertz CT molecular complexity index is 482. The number of hydrogen-bond donors (Lipinski definition) is 1. The number of esters is 1. The SMILES string of the molecule is CCNC(C)(CCCn1nc(C)c(C)c1C)C(=O)OCC. The first-order chi connectivity index (χ1) is 9.85. The second-order valence-corrected chi connectivity index (χ2v) is 5.71. The number of nitrogens with zero attached hydrogens (tertiary/aromatic N) is 2. The van der Waals surface area contributed by atoms with Gasteiger partial charge in [-0.25, -0.2) is 0 Å². The Morgan fingerprint density at radius 3 is 2.48 bits per heavy atom. The maximum atomic E-state index is 12.1. The van der Waals surface area contributed by atoms with Gasteiger partial charge in [-0.2, -0.15) is 5.10 Å². The van der Waals surface area contributed by atoms with Gasteiger partial charge < -0.3 is 10.1 Å². The number of carbonyl (C=O) groups excluding carboxylic acids is 1. The fraction of sp³-hybridized carbons (Fsp3) is 0.750. The lowest BCUT2D eigenvalue weighted by atomic mass is 9.95. The maximum Gasteiger partial charge on any atom is 0.326 e. The number of carbonyl (C=O) groups is 1. The molecule has 5 nitrogen and oxygen atoms in total. The Morgan fingerprint density at radius 1 is 1.33 bits per heavy atom. The van der Waals surface area contributed by atoms with E-state index < -0.39 is 5.54 Å². The molecule has 1 rings (SSSR count). The van der Waals surface area contributed by atoms with Gasteiger partial charge in [0.2, 0.25) is 0 Å². The number of aromatic nitrogens is 2. The first-order valence-electron chi connectivity index (χ1n) is 7.78. The smallest absolute Gasteiger partial charge is 0.326 e. The van der Waals surface area contributed by atoms with Gasteiger partial charge in [-0.1, -0.05) is 6.92 Å². The van der Waals surface area contributed by atoms with E-state index in [1.54, 1.807) is 0 Å². The van der Waals surface area contributed by atoms with Crippen LogP contribution in [-0.2, 0) is 16.1 Å². The van der Waals surface area contributed by atoms with Crippen molar-refractivity contribution in [2.45, 2.75) is 66.5 Å². The van der Waals surface area contributed by atoms with Crippen molar-refractivity contribution < 1.29 is 9.53 Å². The zero-order chi connectivity index (χ0) is 16.0. The van der Waals surface area contributed by atoms with Crippen LogP contribution in [-0.4, -0.2) is 34.4 Å². The largest absolute Gasteiger partial charge is 0.465 e. The van der Waals surface area contributed by atoms with Crippen LogP contribution in [0.3, 0.4) is 0 Å². The quantitative estimate of drug-likeness (QED) is 0.749. The summed E-state index contributed by atoms with van der Waals surface area (Å²) in [7, 11) is 0. The lowest BCUT2D eigenvalue weighted by Gasteiger charge is -2.28. The minimum atomic E-state index is -0.615. The monoisotopic (exact) mass is 295 g/mol. The molecule has 1 N–H and O–H groups in total. The second kappa shape index (κ2) is 7.59. The Kier molecular flexibility index (Phi) is 6.40. The van der Waals surface area contributed by atoms with Crippen LogP contribution in [0.1, 0.15) is 50.6 Å². The van der Waals surface area contributed by atoms with Crippen LogP contribution in [0.15, 0.2) is 0 Å². The molecule has 0 aromatic carbocycles. The highest BCUT2D eigenvalue weighted by molar-refractivity contribution is 5.80. The molecule has 1 atom stereocenters. The third-order valence-corrected chi connectivity index (χ3v) is 4.08. The standard InChI is InChI=1S/C16H29N3O2/c1-7-17-16(6,15(20)21-8-2)10-9-11-19-14(5)12(3)13(4)18-19/h17H,7-11H2,1-6H3. The minimum Gasteiger partial charge on any atom is -0.465 e. The van der Waals surface area contributed by atoms with Gasteiger partial charge in [0.25, 0.3) is 0 Å². The van der Waals surface area contributed by atoms with Crippen LogP contribution in [0.5, 0.6) is 0 Å². The molecule has 0 saturated heterocycles. The van der Waals surface area contributed by atoms with Gasteiger partial charge in [0.05, 0.1) is 12.3 Å². The summed E-state index contributed by atoms with van der Waals surface area (Å²) >= 11 is 0. The van der Waals surface area contributed by atoms with Crippen LogP contribution >= 0.6 is 0 Å². The third-order valence-electron chi connectivity index (χ3n) is 4.08. The average molecular weight is 295 g/mol. The molecule has 0 saturated carbocycles. The predicted molar refractivity (Wildman–Crippen MR) is 84.4 cm³/mol. The average Bonchev–Trinajstić information content (AvgIpc) is 2.67. The highest BCUT2D eigenvalue weighted by atomic mass is 16.5. The summed E-state index contributed by atoms with van der Waals surface area (Å²) in [5, 5.41) is 7.79. The normalized spacial score (nSPS) is 14.0. The topological polar surface area (TPSA) is 56.2 Å². The molecular formula is C16H29N3O2. The second-order valence-electron chi connectivity index (χ2n) is 5.71. The van der Waals surface area contributed by atoms with Gasteiger partial charge in [-0.15, -0.1) is 0 Å². The Hall–Kier alpha value is -1.36. The molecule has 0 aliphatic heterocycles. The lowest BCUT2D eigenvalue weighted by Crippen LogP contribution is -2.50. The zero-order valence-electron chi connectivity index (χ0n) is 14.2. The van der Waals surface area contributed by atoms with E-state index in [0.29, 0.717) is 6.61 Å². The Balaban J connectivity index is 2.65. The molecule has 0 amide bonds. The van der Waals surface area contributed by atoms with Crippen molar-refractivity contribution >= 4 is 5.97 Å². The number of hydrogen-bond acceptors (Lipinski definition) is 4. The lowest BCUT2D eigenvalue weighted by molar-refractivity contribution is -0.150.